The van der Waals surface area contributed by atoms with Gasteiger partial charge in [-0.2, -0.15) is 5.01 Å². The Labute approximate surface area is 109 Å². The molecule has 0 radical (unpaired) electrons. The number of urea groups is 1. The highest BCUT2D eigenvalue weighted by molar-refractivity contribution is 5.81. The summed E-state index contributed by atoms with van der Waals surface area (Å²) in [5.41, 5.74) is 6.58. The van der Waals surface area contributed by atoms with Gasteiger partial charge in [-0.15, -0.1) is 4.91 Å². The minimum atomic E-state index is -0.852. The van der Waals surface area contributed by atoms with Crippen molar-refractivity contribution in [2.24, 2.45) is 11.0 Å². The number of para-hydroxylation sites is 1. The second-order valence-corrected chi connectivity index (χ2v) is 3.84. The molecule has 1 heterocycles. The Morgan fingerprint density at radius 2 is 2.11 bits per heavy atom. The molecule has 0 saturated heterocycles. The van der Waals surface area contributed by atoms with Crippen molar-refractivity contribution in [3.05, 3.63) is 34.7 Å². The Balaban J connectivity index is 0.000000224. The average molecular weight is 266 g/mol. The lowest BCUT2D eigenvalue weighted by molar-refractivity contribution is -0.137. The number of rotatable bonds is 2. The molecule has 8 heteroatoms. The van der Waals surface area contributed by atoms with Gasteiger partial charge in [-0.3, -0.25) is 0 Å². The zero-order valence-electron chi connectivity index (χ0n) is 10.2. The van der Waals surface area contributed by atoms with Crippen molar-refractivity contribution in [1.82, 2.24) is 5.01 Å². The fourth-order valence-electron chi connectivity index (χ4n) is 1.49. The molecule has 0 aliphatic carbocycles. The lowest BCUT2D eigenvalue weighted by atomic mass is 10.1. The van der Waals surface area contributed by atoms with Gasteiger partial charge in [0.1, 0.15) is 6.04 Å². The number of carbonyl (C=O) groups is 2. The number of fused-ring (bicyclic) bond motifs is 1. The first-order valence-corrected chi connectivity index (χ1v) is 5.39. The van der Waals surface area contributed by atoms with E-state index in [9.17, 15) is 14.5 Å². The zero-order valence-corrected chi connectivity index (χ0v) is 10.2. The standard InChI is InChI=1S/C9H9NO2.C2H5N3O2/c11-9(12)8-5-6-3-1-2-4-7(6)10-8;1-5(4-7)2(3)6/h1-4,8,10H,5H2,(H,11,12);1H3,(H2,3,6). The van der Waals surface area contributed by atoms with Gasteiger partial charge in [0, 0.05) is 19.2 Å². The monoisotopic (exact) mass is 266 g/mol. The number of anilines is 1. The predicted octanol–water partition coefficient (Wildman–Crippen LogP) is 0.786. The number of nitrogens with one attached hydrogen (secondary N) is 1. The molecule has 0 aromatic heterocycles. The number of hydrogen-bond acceptors (Lipinski definition) is 5. The normalized spacial score (nSPS) is 15.3. The molecule has 4 N–H and O–H groups in total. The molecule has 1 aliphatic rings. The van der Waals surface area contributed by atoms with Crippen LogP contribution in [0.2, 0.25) is 0 Å². The van der Waals surface area contributed by atoms with Crippen molar-refractivity contribution in [2.45, 2.75) is 12.5 Å². The van der Waals surface area contributed by atoms with Gasteiger partial charge in [0.2, 0.25) is 0 Å². The van der Waals surface area contributed by atoms with Gasteiger partial charge < -0.3 is 16.2 Å². The number of carboxylic acid groups (broad SMARTS) is 1. The maximum Gasteiger partial charge on any atom is 0.337 e. The van der Waals surface area contributed by atoms with Crippen molar-refractivity contribution in [3.8, 4) is 0 Å². The van der Waals surface area contributed by atoms with E-state index in [4.69, 9.17) is 5.11 Å². The van der Waals surface area contributed by atoms with E-state index in [1.54, 1.807) is 0 Å². The van der Waals surface area contributed by atoms with Gasteiger partial charge in [-0.05, 0) is 11.6 Å². The van der Waals surface area contributed by atoms with Gasteiger partial charge in [-0.25, -0.2) is 9.59 Å². The first-order valence-electron chi connectivity index (χ1n) is 5.39. The third kappa shape index (κ3) is 3.95. The van der Waals surface area contributed by atoms with Crippen LogP contribution in [0.4, 0.5) is 10.5 Å². The molecule has 1 aromatic rings. The molecular formula is C11H14N4O4. The van der Waals surface area contributed by atoms with E-state index >= 15 is 0 Å². The molecular weight excluding hydrogens is 252 g/mol. The minimum absolute atomic E-state index is 0.442. The summed E-state index contributed by atoms with van der Waals surface area (Å²) in [6, 6.07) is 6.38. The Kier molecular flexibility index (Phi) is 4.81. The number of nitrogens with zero attached hydrogens (tertiary/aromatic N) is 2. The summed E-state index contributed by atoms with van der Waals surface area (Å²) in [7, 11) is 1.18. The highest BCUT2D eigenvalue weighted by Crippen LogP contribution is 2.24. The average Bonchev–Trinajstić information content (AvgIpc) is 2.82. The first kappa shape index (κ1) is 14.4. The van der Waals surface area contributed by atoms with Gasteiger partial charge in [-0.1, -0.05) is 18.2 Å². The molecule has 0 fully saturated rings. The van der Waals surface area contributed by atoms with Crippen LogP contribution in [0.1, 0.15) is 5.56 Å². The summed E-state index contributed by atoms with van der Waals surface area (Å²) < 4.78 is 0. The van der Waals surface area contributed by atoms with Gasteiger partial charge >= 0.3 is 12.0 Å². The van der Waals surface area contributed by atoms with Crippen LogP contribution in [0.3, 0.4) is 0 Å². The molecule has 8 nitrogen and oxygen atoms in total. The Morgan fingerprint density at radius 1 is 1.47 bits per heavy atom. The van der Waals surface area contributed by atoms with Crippen LogP contribution in [0.25, 0.3) is 0 Å². The van der Waals surface area contributed by atoms with Crippen LogP contribution >= 0.6 is 0 Å². The fraction of sp³-hybridized carbons (Fsp3) is 0.273. The third-order valence-corrected chi connectivity index (χ3v) is 2.51. The minimum Gasteiger partial charge on any atom is -0.480 e. The number of benzene rings is 1. The predicted molar refractivity (Wildman–Crippen MR) is 68.3 cm³/mol. The van der Waals surface area contributed by atoms with Crippen LogP contribution < -0.4 is 11.1 Å². The van der Waals surface area contributed by atoms with Crippen molar-refractivity contribution in [2.75, 3.05) is 12.4 Å². The van der Waals surface area contributed by atoms with E-state index in [-0.39, 0.29) is 0 Å². The number of amides is 2. The van der Waals surface area contributed by atoms with E-state index in [2.05, 4.69) is 16.3 Å². The summed E-state index contributed by atoms with van der Waals surface area (Å²) in [6.45, 7) is 0. The molecule has 1 aromatic carbocycles. The van der Waals surface area contributed by atoms with E-state index in [0.29, 0.717) is 11.4 Å². The summed E-state index contributed by atoms with van der Waals surface area (Å²) in [4.78, 5) is 29.7. The molecule has 0 spiro atoms. The number of hydrogen-bond donors (Lipinski definition) is 3. The summed E-state index contributed by atoms with van der Waals surface area (Å²) in [5, 5.41) is 14.4. The first-order chi connectivity index (χ1) is 8.95. The molecule has 0 saturated carbocycles. The van der Waals surface area contributed by atoms with Gasteiger partial charge in [0.25, 0.3) is 0 Å². The topological polar surface area (TPSA) is 125 Å². The number of nitrogens with two attached hydrogens (primary N) is 1. The maximum absolute atomic E-state index is 10.6. The Morgan fingerprint density at radius 3 is 2.53 bits per heavy atom. The molecule has 2 rings (SSSR count). The number of primary amides is 1. The van der Waals surface area contributed by atoms with E-state index < -0.39 is 18.0 Å². The Hall–Kier alpha value is -2.64. The molecule has 1 aliphatic heterocycles. The highest BCUT2D eigenvalue weighted by atomic mass is 16.4. The molecule has 1 atom stereocenters. The molecule has 1 unspecified atom stereocenters. The SMILES string of the molecule is CN(N=O)C(N)=O.O=C(O)C1Cc2ccccc2N1. The number of nitroso groups, excluding NO2 is 1. The maximum atomic E-state index is 10.6. The number of carbonyl (C=O) groups excluding carboxylic acids is 1. The summed E-state index contributed by atoms with van der Waals surface area (Å²) in [5.74, 6) is -0.786. The molecule has 2 amide bonds. The van der Waals surface area contributed by atoms with E-state index in [1.807, 2.05) is 24.3 Å². The zero-order chi connectivity index (χ0) is 14.4. The molecule has 102 valence electrons. The highest BCUT2D eigenvalue weighted by Gasteiger charge is 2.25. The quantitative estimate of drug-likeness (QED) is 0.539. The van der Waals surface area contributed by atoms with Crippen LogP contribution in [-0.4, -0.2) is 35.2 Å². The Bertz CT molecular complexity index is 466. The van der Waals surface area contributed by atoms with Crippen molar-refractivity contribution < 1.29 is 14.7 Å². The van der Waals surface area contributed by atoms with Crippen LogP contribution in [0.15, 0.2) is 29.6 Å². The van der Waals surface area contributed by atoms with Crippen molar-refractivity contribution >= 4 is 17.7 Å². The van der Waals surface area contributed by atoms with Crippen LogP contribution in [0.5, 0.6) is 0 Å². The molecule has 0 bridgehead atoms. The smallest absolute Gasteiger partial charge is 0.337 e. The van der Waals surface area contributed by atoms with E-state index in [0.717, 1.165) is 11.3 Å². The third-order valence-electron chi connectivity index (χ3n) is 2.51. The summed E-state index contributed by atoms with van der Waals surface area (Å²) >= 11 is 0. The van der Waals surface area contributed by atoms with Crippen LogP contribution in [0, 0.1) is 4.91 Å². The van der Waals surface area contributed by atoms with Crippen molar-refractivity contribution in [1.29, 1.82) is 0 Å². The lowest BCUT2D eigenvalue weighted by Gasteiger charge is -2.02. The number of carboxylic acids is 1. The van der Waals surface area contributed by atoms with Gasteiger partial charge in [0.05, 0.1) is 5.29 Å². The summed E-state index contributed by atoms with van der Waals surface area (Å²) in [6.07, 6.45) is 0.589. The molecule has 19 heavy (non-hydrogen) atoms. The fourth-order valence-corrected chi connectivity index (χ4v) is 1.49. The van der Waals surface area contributed by atoms with Crippen molar-refractivity contribution in [3.63, 3.8) is 0 Å². The second-order valence-electron chi connectivity index (χ2n) is 3.84. The largest absolute Gasteiger partial charge is 0.480 e. The van der Waals surface area contributed by atoms with Gasteiger partial charge in [0.15, 0.2) is 0 Å². The van der Waals surface area contributed by atoms with Crippen LogP contribution in [-0.2, 0) is 11.2 Å². The number of aliphatic carboxylic acids is 1. The van der Waals surface area contributed by atoms with E-state index in [1.165, 1.54) is 7.05 Å². The second kappa shape index (κ2) is 6.34. The lowest BCUT2D eigenvalue weighted by Crippen LogP contribution is -2.26.